The molecular weight excluding hydrogens is 364 g/mol. The predicted octanol–water partition coefficient (Wildman–Crippen LogP) is 4.39. The van der Waals surface area contributed by atoms with E-state index in [0.29, 0.717) is 11.6 Å². The molecule has 0 heterocycles. The van der Waals surface area contributed by atoms with E-state index in [4.69, 9.17) is 16.3 Å². The van der Waals surface area contributed by atoms with E-state index in [1.807, 2.05) is 48.5 Å². The predicted molar refractivity (Wildman–Crippen MR) is 105 cm³/mol. The number of amides is 1. The zero-order chi connectivity index (χ0) is 19.1. The maximum atomic E-state index is 11.9. The van der Waals surface area contributed by atoms with Crippen molar-refractivity contribution in [3.05, 3.63) is 94.5 Å². The first-order chi connectivity index (χ1) is 13.1. The lowest BCUT2D eigenvalue weighted by Crippen LogP contribution is -2.17. The molecule has 0 unspecified atom stereocenters. The van der Waals surface area contributed by atoms with E-state index >= 15 is 0 Å². The van der Waals surface area contributed by atoms with Crippen LogP contribution in [-0.4, -0.2) is 17.2 Å². The molecule has 3 aromatic rings. The number of benzene rings is 3. The van der Waals surface area contributed by atoms with Gasteiger partial charge in [-0.2, -0.15) is 5.10 Å². The molecule has 0 atom stereocenters. The van der Waals surface area contributed by atoms with Crippen molar-refractivity contribution in [1.29, 1.82) is 0 Å². The molecule has 0 aliphatic rings. The summed E-state index contributed by atoms with van der Waals surface area (Å²) in [5, 5.41) is 14.2. The Morgan fingerprint density at radius 2 is 1.74 bits per heavy atom. The third-order valence-electron chi connectivity index (χ3n) is 3.73. The molecule has 0 aromatic heterocycles. The van der Waals surface area contributed by atoms with Crippen molar-refractivity contribution in [1.82, 2.24) is 5.43 Å². The summed E-state index contributed by atoms with van der Waals surface area (Å²) in [6.07, 6.45) is 1.51. The van der Waals surface area contributed by atoms with Gasteiger partial charge in [-0.25, -0.2) is 5.43 Å². The summed E-state index contributed by atoms with van der Waals surface area (Å²) >= 11 is 5.86. The Hall–Kier alpha value is -3.31. The van der Waals surface area contributed by atoms with Gasteiger partial charge in [0.1, 0.15) is 18.1 Å². The van der Waals surface area contributed by atoms with Gasteiger partial charge in [-0.05, 0) is 59.7 Å². The Morgan fingerprint density at radius 3 is 2.44 bits per heavy atom. The smallest absolute Gasteiger partial charge is 0.275 e. The zero-order valence-electron chi connectivity index (χ0n) is 14.3. The van der Waals surface area contributed by atoms with Gasteiger partial charge in [-0.15, -0.1) is 0 Å². The highest BCUT2D eigenvalue weighted by molar-refractivity contribution is 6.30. The second-order valence-corrected chi connectivity index (χ2v) is 6.14. The number of nitrogens with one attached hydrogen (secondary N) is 1. The molecule has 5 nitrogen and oxygen atoms in total. The van der Waals surface area contributed by atoms with Gasteiger partial charge in [0.25, 0.3) is 5.91 Å². The molecule has 0 aliphatic heterocycles. The van der Waals surface area contributed by atoms with Crippen molar-refractivity contribution in [3.63, 3.8) is 0 Å². The number of phenolic OH excluding ortho intramolecular Hbond substituents is 1. The van der Waals surface area contributed by atoms with Crippen LogP contribution in [0.1, 0.15) is 21.5 Å². The van der Waals surface area contributed by atoms with E-state index < -0.39 is 5.91 Å². The van der Waals surface area contributed by atoms with E-state index in [0.717, 1.165) is 16.9 Å². The quantitative estimate of drug-likeness (QED) is 0.492. The Bertz CT molecular complexity index is 938. The number of hydrogen-bond acceptors (Lipinski definition) is 4. The van der Waals surface area contributed by atoms with Gasteiger partial charge >= 0.3 is 0 Å². The minimum Gasteiger partial charge on any atom is -0.507 e. The second kappa shape index (κ2) is 8.87. The average molecular weight is 381 g/mol. The summed E-state index contributed by atoms with van der Waals surface area (Å²) in [6.45, 7) is 0.446. The maximum absolute atomic E-state index is 11.9. The van der Waals surface area contributed by atoms with Gasteiger partial charge in [-0.3, -0.25) is 4.79 Å². The van der Waals surface area contributed by atoms with E-state index in [1.165, 1.54) is 18.3 Å². The fourth-order valence-electron chi connectivity index (χ4n) is 2.29. The number of carbonyl (C=O) groups is 1. The van der Waals surface area contributed by atoms with Crippen molar-refractivity contribution < 1.29 is 14.6 Å². The van der Waals surface area contributed by atoms with E-state index in [-0.39, 0.29) is 11.3 Å². The van der Waals surface area contributed by atoms with E-state index in [9.17, 15) is 9.90 Å². The summed E-state index contributed by atoms with van der Waals surface area (Å²) in [6, 6.07) is 21.0. The molecule has 0 radical (unpaired) electrons. The molecule has 136 valence electrons. The number of ether oxygens (including phenoxy) is 1. The molecule has 3 rings (SSSR count). The van der Waals surface area contributed by atoms with Crippen LogP contribution in [0.3, 0.4) is 0 Å². The third-order valence-corrected chi connectivity index (χ3v) is 3.98. The summed E-state index contributed by atoms with van der Waals surface area (Å²) in [5.74, 6) is 0.153. The van der Waals surface area contributed by atoms with Crippen LogP contribution < -0.4 is 10.2 Å². The fraction of sp³-hybridized carbons (Fsp3) is 0.0476. The second-order valence-electron chi connectivity index (χ2n) is 5.70. The SMILES string of the molecule is O=C(N/N=C\c1ccc(OCc2ccc(Cl)cc2)cc1)c1ccccc1O. The fourth-order valence-corrected chi connectivity index (χ4v) is 2.41. The number of hydrogen-bond donors (Lipinski definition) is 2. The van der Waals surface area contributed by atoms with E-state index in [2.05, 4.69) is 10.5 Å². The van der Waals surface area contributed by atoms with Gasteiger partial charge in [-0.1, -0.05) is 35.9 Å². The van der Waals surface area contributed by atoms with Crippen molar-refractivity contribution in [2.45, 2.75) is 6.61 Å². The summed E-state index contributed by atoms with van der Waals surface area (Å²) in [4.78, 5) is 11.9. The van der Waals surface area contributed by atoms with Crippen molar-refractivity contribution >= 4 is 23.7 Å². The first kappa shape index (κ1) is 18.5. The van der Waals surface area contributed by atoms with Crippen LogP contribution in [0.5, 0.6) is 11.5 Å². The number of carbonyl (C=O) groups excluding carboxylic acids is 1. The Kier molecular flexibility index (Phi) is 6.07. The highest BCUT2D eigenvalue weighted by atomic mass is 35.5. The average Bonchev–Trinajstić information content (AvgIpc) is 2.69. The topological polar surface area (TPSA) is 70.9 Å². The van der Waals surface area contributed by atoms with Crippen LogP contribution in [0.4, 0.5) is 0 Å². The number of hydrazone groups is 1. The van der Waals surface area contributed by atoms with Crippen LogP contribution in [0.25, 0.3) is 0 Å². The summed E-state index contributed by atoms with van der Waals surface area (Å²) in [5.41, 5.74) is 4.37. The van der Waals surface area contributed by atoms with Gasteiger partial charge < -0.3 is 9.84 Å². The molecular formula is C21H17ClN2O3. The highest BCUT2D eigenvalue weighted by Gasteiger charge is 2.08. The Morgan fingerprint density at radius 1 is 1.04 bits per heavy atom. The van der Waals surface area contributed by atoms with Crippen molar-refractivity contribution in [3.8, 4) is 11.5 Å². The minimum absolute atomic E-state index is 0.0904. The van der Waals surface area contributed by atoms with E-state index in [1.54, 1.807) is 12.1 Å². The minimum atomic E-state index is -0.479. The molecule has 27 heavy (non-hydrogen) atoms. The maximum Gasteiger partial charge on any atom is 0.275 e. The number of nitrogens with zero attached hydrogens (tertiary/aromatic N) is 1. The molecule has 3 aromatic carbocycles. The number of halogens is 1. The lowest BCUT2D eigenvalue weighted by Gasteiger charge is -2.06. The molecule has 6 heteroatoms. The zero-order valence-corrected chi connectivity index (χ0v) is 15.1. The monoisotopic (exact) mass is 380 g/mol. The van der Waals surface area contributed by atoms with Crippen molar-refractivity contribution in [2.24, 2.45) is 5.10 Å². The molecule has 0 saturated heterocycles. The van der Waals surface area contributed by atoms with Gasteiger partial charge in [0.15, 0.2) is 0 Å². The normalized spacial score (nSPS) is 10.7. The molecule has 0 spiro atoms. The van der Waals surface area contributed by atoms with Gasteiger partial charge in [0, 0.05) is 5.02 Å². The molecule has 0 bridgehead atoms. The van der Waals surface area contributed by atoms with Gasteiger partial charge in [0.05, 0.1) is 11.8 Å². The summed E-state index contributed by atoms with van der Waals surface area (Å²) < 4.78 is 5.72. The Labute approximate surface area is 161 Å². The molecule has 0 saturated carbocycles. The molecule has 2 N–H and O–H groups in total. The first-order valence-electron chi connectivity index (χ1n) is 8.20. The molecule has 0 aliphatic carbocycles. The van der Waals surface area contributed by atoms with Crippen LogP contribution in [0.15, 0.2) is 77.9 Å². The number of phenols is 1. The van der Waals surface area contributed by atoms with Gasteiger partial charge in [0.2, 0.25) is 0 Å². The number of aromatic hydroxyl groups is 1. The summed E-state index contributed by atoms with van der Waals surface area (Å²) in [7, 11) is 0. The van der Waals surface area contributed by atoms with Crippen LogP contribution >= 0.6 is 11.6 Å². The first-order valence-corrected chi connectivity index (χ1v) is 8.58. The Balaban J connectivity index is 1.52. The number of rotatable bonds is 6. The largest absolute Gasteiger partial charge is 0.507 e. The lowest BCUT2D eigenvalue weighted by molar-refractivity contribution is 0.0952. The standard InChI is InChI=1S/C21H17ClN2O3/c22-17-9-5-16(6-10-17)14-27-18-11-7-15(8-12-18)13-23-24-21(26)19-3-1-2-4-20(19)25/h1-13,25H,14H2,(H,24,26)/b23-13-. The number of para-hydroxylation sites is 1. The molecule has 0 fully saturated rings. The van der Waals surface area contributed by atoms with Crippen LogP contribution in [0.2, 0.25) is 5.02 Å². The lowest BCUT2D eigenvalue weighted by atomic mass is 10.2. The van der Waals surface area contributed by atoms with Crippen LogP contribution in [-0.2, 0) is 6.61 Å². The van der Waals surface area contributed by atoms with Crippen LogP contribution in [0, 0.1) is 0 Å². The highest BCUT2D eigenvalue weighted by Crippen LogP contribution is 2.16. The van der Waals surface area contributed by atoms with Crippen molar-refractivity contribution in [2.75, 3.05) is 0 Å². The third kappa shape index (κ3) is 5.33. The molecule has 1 amide bonds.